The van der Waals surface area contributed by atoms with Crippen molar-refractivity contribution >= 4 is 0 Å². The minimum atomic E-state index is -0.172. The maximum absolute atomic E-state index is 6.02. The number of likely N-dealkylation sites (tertiary alicyclic amines) is 1. The highest BCUT2D eigenvalue weighted by molar-refractivity contribution is 5.17. The SMILES string of the molecule is COC1(c2ccco2)C2CCCC1CN(C)C2. The van der Waals surface area contributed by atoms with Crippen LogP contribution in [-0.2, 0) is 10.3 Å². The molecule has 3 rings (SSSR count). The van der Waals surface area contributed by atoms with Crippen molar-refractivity contribution in [3.63, 3.8) is 0 Å². The smallest absolute Gasteiger partial charge is 0.136 e. The number of hydrogen-bond donors (Lipinski definition) is 0. The first-order chi connectivity index (χ1) is 8.27. The van der Waals surface area contributed by atoms with Crippen molar-refractivity contribution in [3.05, 3.63) is 24.2 Å². The zero-order valence-electron chi connectivity index (χ0n) is 10.7. The predicted molar refractivity (Wildman–Crippen MR) is 65.7 cm³/mol. The van der Waals surface area contributed by atoms with Crippen molar-refractivity contribution in [2.75, 3.05) is 27.2 Å². The van der Waals surface area contributed by atoms with Gasteiger partial charge in [0.1, 0.15) is 11.4 Å². The van der Waals surface area contributed by atoms with Gasteiger partial charge in [0, 0.05) is 32.0 Å². The highest BCUT2D eigenvalue weighted by atomic mass is 16.5. The summed E-state index contributed by atoms with van der Waals surface area (Å²) in [6.45, 7) is 2.23. The number of rotatable bonds is 2. The van der Waals surface area contributed by atoms with E-state index in [0.717, 1.165) is 18.8 Å². The van der Waals surface area contributed by atoms with Gasteiger partial charge in [-0.3, -0.25) is 0 Å². The third-order valence-corrected chi connectivity index (χ3v) is 4.63. The fourth-order valence-electron chi connectivity index (χ4n) is 3.99. The topological polar surface area (TPSA) is 25.6 Å². The van der Waals surface area contributed by atoms with Crippen molar-refractivity contribution in [2.45, 2.75) is 24.9 Å². The Bertz CT molecular complexity index is 360. The van der Waals surface area contributed by atoms with Crippen LogP contribution in [0.3, 0.4) is 0 Å². The van der Waals surface area contributed by atoms with Gasteiger partial charge in [0.2, 0.25) is 0 Å². The number of fused-ring (bicyclic) bond motifs is 2. The van der Waals surface area contributed by atoms with Gasteiger partial charge >= 0.3 is 0 Å². The predicted octanol–water partition coefficient (Wildman–Crippen LogP) is 2.48. The Labute approximate surface area is 103 Å². The van der Waals surface area contributed by atoms with Gasteiger partial charge in [-0.2, -0.15) is 0 Å². The Morgan fingerprint density at radius 2 is 2.06 bits per heavy atom. The Morgan fingerprint density at radius 3 is 2.59 bits per heavy atom. The molecule has 0 aromatic carbocycles. The number of piperidine rings is 1. The van der Waals surface area contributed by atoms with Crippen LogP contribution in [0.15, 0.2) is 22.8 Å². The molecule has 1 aromatic heterocycles. The molecule has 2 aliphatic rings. The third-order valence-electron chi connectivity index (χ3n) is 4.63. The lowest BCUT2D eigenvalue weighted by molar-refractivity contribution is -0.176. The fraction of sp³-hybridized carbons (Fsp3) is 0.714. The molecular formula is C14H21NO2. The maximum atomic E-state index is 6.02. The second kappa shape index (κ2) is 4.14. The van der Waals surface area contributed by atoms with Gasteiger partial charge < -0.3 is 14.1 Å². The van der Waals surface area contributed by atoms with E-state index in [4.69, 9.17) is 9.15 Å². The molecule has 94 valence electrons. The molecule has 3 heteroatoms. The summed E-state index contributed by atoms with van der Waals surface area (Å²) in [6, 6.07) is 4.06. The first-order valence-corrected chi connectivity index (χ1v) is 6.55. The zero-order valence-corrected chi connectivity index (χ0v) is 10.7. The van der Waals surface area contributed by atoms with E-state index >= 15 is 0 Å². The van der Waals surface area contributed by atoms with Gasteiger partial charge in [0.15, 0.2) is 0 Å². The van der Waals surface area contributed by atoms with Crippen LogP contribution in [-0.4, -0.2) is 32.1 Å². The molecule has 0 N–H and O–H groups in total. The maximum Gasteiger partial charge on any atom is 0.136 e. The summed E-state index contributed by atoms with van der Waals surface area (Å²) in [5, 5.41) is 0. The molecule has 1 aliphatic carbocycles. The van der Waals surface area contributed by atoms with Gasteiger partial charge in [0.05, 0.1) is 6.26 Å². The summed E-state index contributed by atoms with van der Waals surface area (Å²) < 4.78 is 11.7. The molecule has 1 aromatic rings. The van der Waals surface area contributed by atoms with Crippen LogP contribution in [0.2, 0.25) is 0 Å². The first kappa shape index (κ1) is 11.3. The minimum absolute atomic E-state index is 0.172. The Kier molecular flexibility index (Phi) is 2.75. The van der Waals surface area contributed by atoms with E-state index < -0.39 is 0 Å². The van der Waals surface area contributed by atoms with E-state index in [0.29, 0.717) is 11.8 Å². The van der Waals surface area contributed by atoms with Crippen LogP contribution in [0.4, 0.5) is 0 Å². The first-order valence-electron chi connectivity index (χ1n) is 6.55. The standard InChI is InChI=1S/C14H21NO2/c1-15-9-11-5-3-6-12(10-15)14(11,16-2)13-7-4-8-17-13/h4,7-8,11-12H,3,5-6,9-10H2,1-2H3. The van der Waals surface area contributed by atoms with E-state index in [1.54, 1.807) is 6.26 Å². The number of furan rings is 1. The number of hydrogen-bond acceptors (Lipinski definition) is 3. The Hall–Kier alpha value is -0.800. The Morgan fingerprint density at radius 1 is 1.35 bits per heavy atom. The largest absolute Gasteiger partial charge is 0.466 e. The lowest BCUT2D eigenvalue weighted by atomic mass is 9.64. The third kappa shape index (κ3) is 1.56. The molecule has 1 saturated heterocycles. The molecular weight excluding hydrogens is 214 g/mol. The van der Waals surface area contributed by atoms with Crippen LogP contribution < -0.4 is 0 Å². The second-order valence-corrected chi connectivity index (χ2v) is 5.52. The van der Waals surface area contributed by atoms with Crippen molar-refractivity contribution in [3.8, 4) is 0 Å². The van der Waals surface area contributed by atoms with Gasteiger partial charge in [-0.05, 0) is 32.0 Å². The van der Waals surface area contributed by atoms with Crippen molar-refractivity contribution in [1.29, 1.82) is 0 Å². The van der Waals surface area contributed by atoms with Gasteiger partial charge in [0.25, 0.3) is 0 Å². The van der Waals surface area contributed by atoms with Crippen LogP contribution in [0.5, 0.6) is 0 Å². The van der Waals surface area contributed by atoms with Gasteiger partial charge in [-0.1, -0.05) is 6.42 Å². The van der Waals surface area contributed by atoms with Crippen LogP contribution in [0.1, 0.15) is 25.0 Å². The summed E-state index contributed by atoms with van der Waals surface area (Å²) in [5.74, 6) is 2.16. The van der Waals surface area contributed by atoms with Crippen LogP contribution in [0.25, 0.3) is 0 Å². The van der Waals surface area contributed by atoms with Crippen molar-refractivity contribution in [1.82, 2.24) is 4.90 Å². The minimum Gasteiger partial charge on any atom is -0.466 e. The second-order valence-electron chi connectivity index (χ2n) is 5.52. The van der Waals surface area contributed by atoms with E-state index in [1.165, 1.54) is 19.3 Å². The van der Waals surface area contributed by atoms with Crippen molar-refractivity contribution in [2.24, 2.45) is 11.8 Å². The molecule has 3 nitrogen and oxygen atoms in total. The molecule has 0 spiro atoms. The summed E-state index contributed by atoms with van der Waals surface area (Å²) >= 11 is 0. The summed E-state index contributed by atoms with van der Waals surface area (Å²) in [4.78, 5) is 2.44. The Balaban J connectivity index is 2.03. The average Bonchev–Trinajstić information content (AvgIpc) is 2.82. The number of ether oxygens (including phenoxy) is 1. The summed E-state index contributed by atoms with van der Waals surface area (Å²) in [5.41, 5.74) is -0.172. The lowest BCUT2D eigenvalue weighted by Crippen LogP contribution is -2.58. The summed E-state index contributed by atoms with van der Waals surface area (Å²) in [7, 11) is 4.06. The molecule has 1 aliphatic heterocycles. The van der Waals surface area contributed by atoms with Gasteiger partial charge in [-0.15, -0.1) is 0 Å². The summed E-state index contributed by atoms with van der Waals surface area (Å²) in [6.07, 6.45) is 5.59. The van der Waals surface area contributed by atoms with E-state index in [9.17, 15) is 0 Å². The lowest BCUT2D eigenvalue weighted by Gasteiger charge is -2.53. The number of nitrogens with zero attached hydrogens (tertiary/aromatic N) is 1. The zero-order chi connectivity index (χ0) is 11.9. The van der Waals surface area contributed by atoms with Crippen LogP contribution in [0, 0.1) is 11.8 Å². The molecule has 2 heterocycles. The van der Waals surface area contributed by atoms with Crippen LogP contribution >= 0.6 is 0 Å². The highest BCUT2D eigenvalue weighted by Gasteiger charge is 2.54. The van der Waals surface area contributed by atoms with E-state index in [2.05, 4.69) is 18.0 Å². The van der Waals surface area contributed by atoms with Gasteiger partial charge in [-0.25, -0.2) is 0 Å². The molecule has 2 atom stereocenters. The monoisotopic (exact) mass is 235 g/mol. The highest BCUT2D eigenvalue weighted by Crippen LogP contribution is 2.51. The molecule has 0 radical (unpaired) electrons. The molecule has 1 saturated carbocycles. The molecule has 2 unspecified atom stereocenters. The van der Waals surface area contributed by atoms with E-state index in [-0.39, 0.29) is 5.60 Å². The quantitative estimate of drug-likeness (QED) is 0.787. The normalized spacial score (nSPS) is 38.2. The fourth-order valence-corrected chi connectivity index (χ4v) is 3.99. The average molecular weight is 235 g/mol. The molecule has 17 heavy (non-hydrogen) atoms. The van der Waals surface area contributed by atoms with Crippen molar-refractivity contribution < 1.29 is 9.15 Å². The molecule has 2 fully saturated rings. The number of methoxy groups -OCH3 is 1. The molecule has 0 amide bonds. The molecule has 2 bridgehead atoms. The van der Waals surface area contributed by atoms with E-state index in [1.807, 2.05) is 13.2 Å².